The van der Waals surface area contributed by atoms with E-state index in [-0.39, 0.29) is 23.7 Å². The average molecular weight is 341 g/mol. The minimum atomic E-state index is -0.652. The molecule has 2 aromatic rings. The van der Waals surface area contributed by atoms with Crippen molar-refractivity contribution in [3.63, 3.8) is 0 Å². The van der Waals surface area contributed by atoms with Crippen LogP contribution in [0.15, 0.2) is 30.3 Å². The van der Waals surface area contributed by atoms with Gasteiger partial charge in [0.25, 0.3) is 5.91 Å². The number of nitrogens with zero attached hydrogens (tertiary/aromatic N) is 1. The lowest BCUT2D eigenvalue weighted by atomic mass is 10.1. The Morgan fingerprint density at radius 3 is 2.61 bits per heavy atom. The molecule has 1 heterocycles. The molecule has 4 nitrogen and oxygen atoms in total. The second-order valence-corrected chi connectivity index (χ2v) is 5.10. The highest BCUT2D eigenvalue weighted by Crippen LogP contribution is 2.18. The Bertz CT molecular complexity index is 690. The van der Waals surface area contributed by atoms with Gasteiger partial charge in [-0.05, 0) is 37.1 Å². The third-order valence-corrected chi connectivity index (χ3v) is 3.25. The van der Waals surface area contributed by atoms with Gasteiger partial charge in [0.05, 0.1) is 11.6 Å². The van der Waals surface area contributed by atoms with Crippen LogP contribution in [0.5, 0.6) is 5.88 Å². The van der Waals surface area contributed by atoms with Crippen molar-refractivity contribution in [2.45, 2.75) is 13.3 Å². The molecule has 0 spiro atoms. The highest BCUT2D eigenvalue weighted by Gasteiger charge is 2.13. The third-order valence-electron chi connectivity index (χ3n) is 2.95. The van der Waals surface area contributed by atoms with Crippen LogP contribution >= 0.6 is 11.6 Å². The summed E-state index contributed by atoms with van der Waals surface area (Å²) in [5, 5.41) is 2.81. The van der Waals surface area contributed by atoms with Crippen molar-refractivity contribution in [2.75, 3.05) is 13.2 Å². The van der Waals surface area contributed by atoms with Gasteiger partial charge in [0.15, 0.2) is 5.69 Å². The molecule has 2 rings (SSSR count). The van der Waals surface area contributed by atoms with Crippen LogP contribution in [0.25, 0.3) is 0 Å². The number of rotatable bonds is 6. The van der Waals surface area contributed by atoms with Gasteiger partial charge in [0.1, 0.15) is 11.6 Å². The number of hydrogen-bond donors (Lipinski definition) is 1. The molecule has 7 heteroatoms. The number of amides is 1. The summed E-state index contributed by atoms with van der Waals surface area (Å²) in [5.74, 6) is -1.48. The normalized spacial score (nSPS) is 10.4. The Balaban J connectivity index is 1.98. The van der Waals surface area contributed by atoms with Crippen LogP contribution in [-0.2, 0) is 6.42 Å². The van der Waals surface area contributed by atoms with E-state index < -0.39 is 17.5 Å². The van der Waals surface area contributed by atoms with Gasteiger partial charge in [0, 0.05) is 18.7 Å². The van der Waals surface area contributed by atoms with Gasteiger partial charge in [0.2, 0.25) is 5.88 Å². The predicted octanol–water partition coefficient (Wildman–Crippen LogP) is 3.38. The molecule has 0 radical (unpaired) electrons. The summed E-state index contributed by atoms with van der Waals surface area (Å²) < 4.78 is 31.4. The number of halogens is 3. The zero-order valence-corrected chi connectivity index (χ0v) is 13.2. The minimum absolute atomic E-state index is 0.0445. The van der Waals surface area contributed by atoms with Gasteiger partial charge < -0.3 is 10.1 Å². The van der Waals surface area contributed by atoms with Crippen molar-refractivity contribution in [1.82, 2.24) is 10.3 Å². The van der Waals surface area contributed by atoms with Crippen LogP contribution in [0.2, 0.25) is 5.02 Å². The van der Waals surface area contributed by atoms with Crippen LogP contribution in [0.1, 0.15) is 23.0 Å². The molecule has 0 saturated heterocycles. The zero-order chi connectivity index (χ0) is 16.8. The first-order valence-corrected chi connectivity index (χ1v) is 7.40. The average Bonchev–Trinajstić information content (AvgIpc) is 2.48. The van der Waals surface area contributed by atoms with E-state index in [0.29, 0.717) is 18.1 Å². The first-order valence-electron chi connectivity index (χ1n) is 7.02. The van der Waals surface area contributed by atoms with Crippen LogP contribution in [-0.4, -0.2) is 24.0 Å². The van der Waals surface area contributed by atoms with Gasteiger partial charge in [-0.3, -0.25) is 4.79 Å². The smallest absolute Gasteiger partial charge is 0.271 e. The standard InChI is InChI=1S/C16H15ClF2N2O2/c1-2-23-14-4-3-13(17)15(21-14)16(22)20-6-5-10-7-11(18)9-12(19)8-10/h3-4,7-9H,2,5-6H2,1H3,(H,20,22). The van der Waals surface area contributed by atoms with Crippen molar-refractivity contribution in [3.8, 4) is 5.88 Å². The number of benzene rings is 1. The molecule has 0 aliphatic rings. The van der Waals surface area contributed by atoms with E-state index in [4.69, 9.17) is 16.3 Å². The molecule has 0 aliphatic carbocycles. The Morgan fingerprint density at radius 1 is 1.26 bits per heavy atom. The molecule has 1 aromatic heterocycles. The molecule has 0 aliphatic heterocycles. The summed E-state index contributed by atoms with van der Waals surface area (Å²) in [6.07, 6.45) is 0.281. The fraction of sp³-hybridized carbons (Fsp3) is 0.250. The summed E-state index contributed by atoms with van der Waals surface area (Å²) in [6.45, 7) is 2.41. The summed E-state index contributed by atoms with van der Waals surface area (Å²) in [5.41, 5.74) is 0.493. The maximum Gasteiger partial charge on any atom is 0.271 e. The van der Waals surface area contributed by atoms with Crippen molar-refractivity contribution in [3.05, 3.63) is 58.2 Å². The maximum atomic E-state index is 13.1. The highest BCUT2D eigenvalue weighted by atomic mass is 35.5. The van der Waals surface area contributed by atoms with Gasteiger partial charge in [-0.1, -0.05) is 11.6 Å². The van der Waals surface area contributed by atoms with Crippen LogP contribution in [0, 0.1) is 11.6 Å². The van der Waals surface area contributed by atoms with E-state index in [1.54, 1.807) is 13.0 Å². The first kappa shape index (κ1) is 17.1. The van der Waals surface area contributed by atoms with E-state index in [0.717, 1.165) is 6.07 Å². The predicted molar refractivity (Wildman–Crippen MR) is 82.8 cm³/mol. The van der Waals surface area contributed by atoms with Gasteiger partial charge in [-0.15, -0.1) is 0 Å². The molecule has 1 N–H and O–H groups in total. The number of nitrogens with one attached hydrogen (secondary N) is 1. The number of carbonyl (C=O) groups excluding carboxylic acids is 1. The topological polar surface area (TPSA) is 51.2 Å². The molecular formula is C16H15ClF2N2O2. The molecule has 0 atom stereocenters. The van der Waals surface area contributed by atoms with Gasteiger partial charge in [-0.2, -0.15) is 0 Å². The largest absolute Gasteiger partial charge is 0.478 e. The van der Waals surface area contributed by atoms with E-state index >= 15 is 0 Å². The lowest BCUT2D eigenvalue weighted by Crippen LogP contribution is -2.27. The molecule has 1 aromatic carbocycles. The molecule has 0 fully saturated rings. The molecule has 122 valence electrons. The number of ether oxygens (including phenoxy) is 1. The van der Waals surface area contributed by atoms with E-state index in [1.165, 1.54) is 18.2 Å². The summed E-state index contributed by atoms with van der Waals surface area (Å²) in [4.78, 5) is 16.1. The molecule has 0 unspecified atom stereocenters. The zero-order valence-electron chi connectivity index (χ0n) is 12.4. The van der Waals surface area contributed by atoms with Gasteiger partial charge in [-0.25, -0.2) is 13.8 Å². The minimum Gasteiger partial charge on any atom is -0.478 e. The maximum absolute atomic E-state index is 13.1. The number of aromatic nitrogens is 1. The van der Waals surface area contributed by atoms with E-state index in [2.05, 4.69) is 10.3 Å². The SMILES string of the molecule is CCOc1ccc(Cl)c(C(=O)NCCc2cc(F)cc(F)c2)n1. The fourth-order valence-corrected chi connectivity index (χ4v) is 2.16. The Kier molecular flexibility index (Phi) is 5.87. The van der Waals surface area contributed by atoms with E-state index in [1.807, 2.05) is 0 Å². The fourth-order valence-electron chi connectivity index (χ4n) is 1.97. The van der Waals surface area contributed by atoms with Crippen molar-refractivity contribution in [1.29, 1.82) is 0 Å². The number of carbonyl (C=O) groups is 1. The second-order valence-electron chi connectivity index (χ2n) is 4.70. The summed E-state index contributed by atoms with van der Waals surface area (Å²) in [6, 6.07) is 6.33. The lowest BCUT2D eigenvalue weighted by molar-refractivity contribution is 0.0948. The van der Waals surface area contributed by atoms with Crippen molar-refractivity contribution >= 4 is 17.5 Å². The molecule has 23 heavy (non-hydrogen) atoms. The Labute approximate surface area is 137 Å². The second kappa shape index (κ2) is 7.87. The van der Waals surface area contributed by atoms with Gasteiger partial charge >= 0.3 is 0 Å². The number of pyridine rings is 1. The van der Waals surface area contributed by atoms with Crippen LogP contribution in [0.3, 0.4) is 0 Å². The quantitative estimate of drug-likeness (QED) is 0.877. The van der Waals surface area contributed by atoms with E-state index in [9.17, 15) is 13.6 Å². The number of hydrogen-bond acceptors (Lipinski definition) is 3. The lowest BCUT2D eigenvalue weighted by Gasteiger charge is -2.08. The molecule has 1 amide bonds. The van der Waals surface area contributed by atoms with Crippen LogP contribution < -0.4 is 10.1 Å². The molecular weight excluding hydrogens is 326 g/mol. The summed E-state index contributed by atoms with van der Waals surface area (Å²) >= 11 is 5.95. The van der Waals surface area contributed by atoms with Crippen molar-refractivity contribution in [2.24, 2.45) is 0 Å². The first-order chi connectivity index (χ1) is 11.0. The Hall–Kier alpha value is -2.21. The Morgan fingerprint density at radius 2 is 1.96 bits per heavy atom. The monoisotopic (exact) mass is 340 g/mol. The summed E-state index contributed by atoms with van der Waals surface area (Å²) in [7, 11) is 0. The van der Waals surface area contributed by atoms with Crippen LogP contribution in [0.4, 0.5) is 8.78 Å². The molecule has 0 saturated carbocycles. The third kappa shape index (κ3) is 4.89. The molecule has 0 bridgehead atoms. The highest BCUT2D eigenvalue weighted by molar-refractivity contribution is 6.33. The van der Waals surface area contributed by atoms with Crippen molar-refractivity contribution < 1.29 is 18.3 Å².